The van der Waals surface area contributed by atoms with Crippen LogP contribution in [0.2, 0.25) is 0 Å². The predicted molar refractivity (Wildman–Crippen MR) is 109 cm³/mol. The Morgan fingerprint density at radius 1 is 1.14 bits per heavy atom. The Hall–Kier alpha value is -2.96. The summed E-state index contributed by atoms with van der Waals surface area (Å²) in [6.45, 7) is 6.33. The maximum atomic E-state index is 12.7. The zero-order valence-electron chi connectivity index (χ0n) is 16.6. The molecule has 0 saturated heterocycles. The van der Waals surface area contributed by atoms with Crippen molar-refractivity contribution in [2.75, 3.05) is 0 Å². The number of benzene rings is 1. The first-order valence-electron chi connectivity index (χ1n) is 9.73. The second-order valence-corrected chi connectivity index (χ2v) is 7.60. The zero-order chi connectivity index (χ0) is 20.1. The third-order valence-corrected chi connectivity index (χ3v) is 4.70. The highest BCUT2D eigenvalue weighted by Gasteiger charge is 2.14. The van der Waals surface area contributed by atoms with Crippen molar-refractivity contribution in [2.45, 2.75) is 52.6 Å². The summed E-state index contributed by atoms with van der Waals surface area (Å²) in [6, 6.07) is 9.59. The number of rotatable bonds is 8. The summed E-state index contributed by atoms with van der Waals surface area (Å²) in [5.74, 6) is 0.479. The summed E-state index contributed by atoms with van der Waals surface area (Å²) in [6.07, 6.45) is 6.06. The standard InChI is InChI=1S/C21H27N5O2/c1-15(2)8-7-9-16(3)24-19(27)13-25-14-22-20-18(21(25)28)12-23-26(20)17-10-5-4-6-11-17/h4-6,10-12,14-16H,7-9,13H2,1-3H3,(H,24,27)/t16-/m1/s1. The van der Waals surface area contributed by atoms with Crippen LogP contribution < -0.4 is 10.9 Å². The van der Waals surface area contributed by atoms with Crippen LogP contribution in [0.1, 0.15) is 40.0 Å². The van der Waals surface area contributed by atoms with E-state index in [4.69, 9.17) is 0 Å². The number of aromatic nitrogens is 4. The van der Waals surface area contributed by atoms with Crippen LogP contribution >= 0.6 is 0 Å². The molecule has 0 aliphatic rings. The molecule has 0 radical (unpaired) electrons. The molecule has 1 amide bonds. The minimum atomic E-state index is -0.269. The average molecular weight is 381 g/mol. The number of hydrogen-bond acceptors (Lipinski definition) is 4. The molecule has 1 aromatic carbocycles. The van der Waals surface area contributed by atoms with Gasteiger partial charge in [0.25, 0.3) is 5.56 Å². The Labute approximate surface area is 164 Å². The zero-order valence-corrected chi connectivity index (χ0v) is 16.6. The van der Waals surface area contributed by atoms with Crippen LogP contribution in [0, 0.1) is 5.92 Å². The molecule has 0 spiro atoms. The van der Waals surface area contributed by atoms with E-state index in [1.807, 2.05) is 37.3 Å². The van der Waals surface area contributed by atoms with E-state index in [1.54, 1.807) is 4.68 Å². The van der Waals surface area contributed by atoms with E-state index < -0.39 is 0 Å². The number of amides is 1. The van der Waals surface area contributed by atoms with E-state index in [9.17, 15) is 9.59 Å². The molecule has 0 saturated carbocycles. The van der Waals surface area contributed by atoms with E-state index in [-0.39, 0.29) is 24.1 Å². The lowest BCUT2D eigenvalue weighted by molar-refractivity contribution is -0.122. The highest BCUT2D eigenvalue weighted by molar-refractivity contribution is 5.78. The minimum Gasteiger partial charge on any atom is -0.352 e. The molecule has 148 valence electrons. The van der Waals surface area contributed by atoms with Crippen molar-refractivity contribution in [3.63, 3.8) is 0 Å². The summed E-state index contributed by atoms with van der Waals surface area (Å²) in [4.78, 5) is 29.4. The molecule has 0 aliphatic heterocycles. The molecule has 0 bridgehead atoms. The van der Waals surface area contributed by atoms with Crippen molar-refractivity contribution >= 4 is 16.9 Å². The first-order chi connectivity index (χ1) is 13.5. The van der Waals surface area contributed by atoms with E-state index in [0.717, 1.165) is 24.9 Å². The van der Waals surface area contributed by atoms with Gasteiger partial charge in [0.1, 0.15) is 18.3 Å². The Balaban J connectivity index is 1.70. The fourth-order valence-electron chi connectivity index (χ4n) is 3.20. The second-order valence-electron chi connectivity index (χ2n) is 7.60. The average Bonchev–Trinajstić information content (AvgIpc) is 3.09. The summed E-state index contributed by atoms with van der Waals surface area (Å²) in [7, 11) is 0. The number of carbonyl (C=O) groups excluding carboxylic acids is 1. The van der Waals surface area contributed by atoms with Gasteiger partial charge in [-0.3, -0.25) is 14.2 Å². The minimum absolute atomic E-state index is 0.0488. The molecule has 0 aliphatic carbocycles. The SMILES string of the molecule is CC(C)CCC[C@@H](C)NC(=O)Cn1cnc2c(cnn2-c2ccccc2)c1=O. The smallest absolute Gasteiger partial charge is 0.264 e. The number of nitrogens with zero attached hydrogens (tertiary/aromatic N) is 4. The lowest BCUT2D eigenvalue weighted by Gasteiger charge is -2.15. The van der Waals surface area contributed by atoms with Gasteiger partial charge >= 0.3 is 0 Å². The Morgan fingerprint density at radius 2 is 1.89 bits per heavy atom. The van der Waals surface area contributed by atoms with Crippen molar-refractivity contribution in [2.24, 2.45) is 5.92 Å². The predicted octanol–water partition coefficient (Wildman–Crippen LogP) is 2.91. The lowest BCUT2D eigenvalue weighted by atomic mass is 10.0. The van der Waals surface area contributed by atoms with Crippen LogP contribution in [0.5, 0.6) is 0 Å². The highest BCUT2D eigenvalue weighted by atomic mass is 16.2. The molecule has 3 rings (SSSR count). The number of fused-ring (bicyclic) bond motifs is 1. The summed E-state index contributed by atoms with van der Waals surface area (Å²) < 4.78 is 2.95. The first kappa shape index (κ1) is 19.8. The molecule has 3 aromatic rings. The first-order valence-corrected chi connectivity index (χ1v) is 9.73. The van der Waals surface area contributed by atoms with Gasteiger partial charge in [0.05, 0.1) is 11.9 Å². The third kappa shape index (κ3) is 4.65. The summed E-state index contributed by atoms with van der Waals surface area (Å²) >= 11 is 0. The Morgan fingerprint density at radius 3 is 2.61 bits per heavy atom. The van der Waals surface area contributed by atoms with E-state index >= 15 is 0 Å². The summed E-state index contributed by atoms with van der Waals surface area (Å²) in [5, 5.41) is 7.64. The monoisotopic (exact) mass is 381 g/mol. The van der Waals surface area contributed by atoms with Gasteiger partial charge in [-0.1, -0.05) is 44.9 Å². The number of para-hydroxylation sites is 1. The number of hydrogen-bond donors (Lipinski definition) is 1. The highest BCUT2D eigenvalue weighted by Crippen LogP contribution is 2.13. The van der Waals surface area contributed by atoms with Crippen LogP contribution in [-0.2, 0) is 11.3 Å². The van der Waals surface area contributed by atoms with Crippen LogP contribution in [0.4, 0.5) is 0 Å². The van der Waals surface area contributed by atoms with E-state index in [2.05, 4.69) is 29.2 Å². The van der Waals surface area contributed by atoms with Crippen molar-refractivity contribution in [3.05, 3.63) is 53.2 Å². The fraction of sp³-hybridized carbons (Fsp3) is 0.429. The van der Waals surface area contributed by atoms with Gasteiger partial charge in [0.2, 0.25) is 5.91 Å². The van der Waals surface area contributed by atoms with Gasteiger partial charge in [-0.25, -0.2) is 9.67 Å². The van der Waals surface area contributed by atoms with Crippen molar-refractivity contribution in [3.8, 4) is 5.69 Å². The Kier molecular flexibility index (Phi) is 6.23. The van der Waals surface area contributed by atoms with Gasteiger partial charge < -0.3 is 5.32 Å². The third-order valence-electron chi connectivity index (χ3n) is 4.70. The molecule has 1 N–H and O–H groups in total. The molecule has 0 fully saturated rings. The second kappa shape index (κ2) is 8.82. The van der Waals surface area contributed by atoms with E-state index in [0.29, 0.717) is 17.0 Å². The van der Waals surface area contributed by atoms with Crippen molar-refractivity contribution in [1.29, 1.82) is 0 Å². The van der Waals surface area contributed by atoms with Gasteiger partial charge in [-0.2, -0.15) is 5.10 Å². The van der Waals surface area contributed by atoms with Crippen molar-refractivity contribution < 1.29 is 4.79 Å². The van der Waals surface area contributed by atoms with Crippen molar-refractivity contribution in [1.82, 2.24) is 24.6 Å². The molecule has 2 aromatic heterocycles. The van der Waals surface area contributed by atoms with Crippen LogP contribution in [0.3, 0.4) is 0 Å². The molecule has 0 unspecified atom stereocenters. The molecule has 7 nitrogen and oxygen atoms in total. The normalized spacial score (nSPS) is 12.4. The molecule has 2 heterocycles. The van der Waals surface area contributed by atoms with Gasteiger partial charge in [0.15, 0.2) is 5.65 Å². The molecule has 7 heteroatoms. The van der Waals surface area contributed by atoms with Crippen LogP contribution in [0.25, 0.3) is 16.7 Å². The maximum Gasteiger partial charge on any atom is 0.264 e. The topological polar surface area (TPSA) is 81.8 Å². The maximum absolute atomic E-state index is 12.7. The Bertz CT molecular complexity index is 991. The number of carbonyl (C=O) groups is 1. The van der Waals surface area contributed by atoms with Gasteiger partial charge in [-0.05, 0) is 31.4 Å². The van der Waals surface area contributed by atoms with Crippen LogP contribution in [0.15, 0.2) is 47.7 Å². The molecule has 28 heavy (non-hydrogen) atoms. The van der Waals surface area contributed by atoms with Gasteiger partial charge in [-0.15, -0.1) is 0 Å². The number of nitrogens with one attached hydrogen (secondary N) is 1. The largest absolute Gasteiger partial charge is 0.352 e. The fourth-order valence-corrected chi connectivity index (χ4v) is 3.20. The quantitative estimate of drug-likeness (QED) is 0.650. The van der Waals surface area contributed by atoms with Gasteiger partial charge in [0, 0.05) is 6.04 Å². The summed E-state index contributed by atoms with van der Waals surface area (Å²) in [5.41, 5.74) is 1.04. The molecular formula is C21H27N5O2. The van der Waals surface area contributed by atoms with Crippen LogP contribution in [-0.4, -0.2) is 31.3 Å². The molecular weight excluding hydrogens is 354 g/mol. The molecule has 1 atom stereocenters. The lowest BCUT2D eigenvalue weighted by Crippen LogP contribution is -2.37. The van der Waals surface area contributed by atoms with E-state index in [1.165, 1.54) is 17.1 Å².